The zero-order valence-corrected chi connectivity index (χ0v) is 23.9. The third kappa shape index (κ3) is 7.29. The molecule has 1 N–H and O–H groups in total. The van der Waals surface area contributed by atoms with Gasteiger partial charge in [0, 0.05) is 18.1 Å². The predicted octanol–water partition coefficient (Wildman–Crippen LogP) is -0.0559. The van der Waals surface area contributed by atoms with Crippen molar-refractivity contribution >= 4 is 29.8 Å². The van der Waals surface area contributed by atoms with Gasteiger partial charge in [0.25, 0.3) is 0 Å². The minimum Gasteiger partial charge on any atom is -0.545 e. The molecule has 0 aliphatic carbocycles. The molecule has 224 valence electrons. The number of carbonyl (C=O) groups excluding carboxylic acids is 5. The Morgan fingerprint density at radius 2 is 1.57 bits per heavy atom. The Hall–Kier alpha value is -4.35. The van der Waals surface area contributed by atoms with Gasteiger partial charge >= 0.3 is 17.8 Å². The molecule has 1 aliphatic heterocycles. The van der Waals surface area contributed by atoms with Gasteiger partial charge in [0.05, 0.1) is 19.2 Å². The van der Waals surface area contributed by atoms with Crippen molar-refractivity contribution in [3.8, 4) is 0 Å². The van der Waals surface area contributed by atoms with Gasteiger partial charge in [-0.3, -0.25) is 10.1 Å². The number of aliphatic carboxylic acids is 2. The molecule has 0 spiro atoms. The van der Waals surface area contributed by atoms with Crippen LogP contribution < -0.4 is 15.5 Å². The Morgan fingerprint density at radius 3 is 2.17 bits per heavy atom. The molecule has 0 fully saturated rings. The van der Waals surface area contributed by atoms with Crippen LogP contribution in [-0.4, -0.2) is 65.6 Å². The summed E-state index contributed by atoms with van der Waals surface area (Å²) in [6.45, 7) is 4.29. The lowest BCUT2D eigenvalue weighted by Gasteiger charge is -2.46. The lowest BCUT2D eigenvalue weighted by Crippen LogP contribution is -2.69. The third-order valence-electron chi connectivity index (χ3n) is 7.29. The normalized spacial score (nSPS) is 19.6. The van der Waals surface area contributed by atoms with E-state index in [0.717, 1.165) is 5.56 Å². The van der Waals surface area contributed by atoms with Crippen LogP contribution in [0.25, 0.3) is 0 Å². The van der Waals surface area contributed by atoms with E-state index in [2.05, 4.69) is 5.32 Å². The van der Waals surface area contributed by atoms with Crippen LogP contribution in [0.15, 0.2) is 66.4 Å². The van der Waals surface area contributed by atoms with Crippen LogP contribution in [0.2, 0.25) is 0 Å². The molecule has 1 unspecified atom stereocenters. The minimum absolute atomic E-state index is 0.0613. The SMILES string of the molecule is CCOC(=O)[C@H](CCc1ccccc1)N[C@@H](C)C(=O)[N+]1(/C(=C\C(=O)[O-])C(=O)[O-])Cc2ccccc2C[C@H]1C(=O)OCC. The van der Waals surface area contributed by atoms with Gasteiger partial charge in [0.15, 0.2) is 5.70 Å². The standard InChI is InChI=1S/C31H36N2O9/c1-4-41-30(39)24(16-15-21-11-7-6-8-12-21)32-20(3)28(36)33(25(29(37)38)18-27(34)35)19-23-14-10-9-13-22(23)17-26(33)31(40)42-5-2/h6-14,18,20,24,26,32H,4-5,15-17,19H2,1-3H3,(H-,34,35,37,38)/p-1/b25-18-/t20-,24-,26-,33?/m0/s1. The Balaban J connectivity index is 2.11. The number of nitrogens with one attached hydrogen (secondary N) is 1. The van der Waals surface area contributed by atoms with E-state index >= 15 is 0 Å². The number of esters is 2. The molecular weight excluding hydrogens is 544 g/mol. The first kappa shape index (κ1) is 32.2. The van der Waals surface area contributed by atoms with Crippen molar-refractivity contribution in [3.63, 3.8) is 0 Å². The fourth-order valence-electron chi connectivity index (χ4n) is 5.39. The number of rotatable bonds is 13. The van der Waals surface area contributed by atoms with Crippen molar-refractivity contribution in [1.29, 1.82) is 0 Å². The van der Waals surface area contributed by atoms with E-state index in [1.807, 2.05) is 30.3 Å². The average Bonchev–Trinajstić information content (AvgIpc) is 2.97. The lowest BCUT2D eigenvalue weighted by molar-refractivity contribution is -0.848. The zero-order chi connectivity index (χ0) is 30.9. The van der Waals surface area contributed by atoms with Crippen molar-refractivity contribution < 1.29 is 48.1 Å². The fraction of sp³-hybridized carbons (Fsp3) is 0.387. The van der Waals surface area contributed by atoms with Gasteiger partial charge in [0.2, 0.25) is 6.04 Å². The van der Waals surface area contributed by atoms with Crippen LogP contribution in [0.5, 0.6) is 0 Å². The number of carboxylic acid groups (broad SMARTS) is 2. The summed E-state index contributed by atoms with van der Waals surface area (Å²) >= 11 is 0. The molecule has 11 heteroatoms. The number of fused-ring (bicyclic) bond motifs is 1. The molecule has 0 aromatic heterocycles. The van der Waals surface area contributed by atoms with Crippen LogP contribution >= 0.6 is 0 Å². The molecule has 0 saturated carbocycles. The van der Waals surface area contributed by atoms with Gasteiger partial charge in [-0.2, -0.15) is 0 Å². The predicted molar refractivity (Wildman–Crippen MR) is 145 cm³/mol. The highest BCUT2D eigenvalue weighted by Crippen LogP contribution is 2.37. The summed E-state index contributed by atoms with van der Waals surface area (Å²) in [6.07, 6.45) is 0.873. The van der Waals surface area contributed by atoms with E-state index in [9.17, 15) is 34.2 Å². The van der Waals surface area contributed by atoms with E-state index < -0.39 is 58.1 Å². The first-order valence-electron chi connectivity index (χ1n) is 13.8. The Labute approximate surface area is 244 Å². The molecule has 4 atom stereocenters. The Bertz CT molecular complexity index is 1340. The number of hydrogen-bond acceptors (Lipinski definition) is 10. The molecular formula is C31H35N2O9-. The van der Waals surface area contributed by atoms with Gasteiger partial charge in [-0.1, -0.05) is 54.6 Å². The van der Waals surface area contributed by atoms with Crippen molar-refractivity contribution in [2.24, 2.45) is 0 Å². The van der Waals surface area contributed by atoms with Crippen molar-refractivity contribution in [3.05, 3.63) is 83.1 Å². The fourth-order valence-corrected chi connectivity index (χ4v) is 5.39. The van der Waals surface area contributed by atoms with E-state index in [1.165, 1.54) is 6.92 Å². The second-order valence-corrected chi connectivity index (χ2v) is 9.96. The number of amides is 1. The second kappa shape index (κ2) is 14.5. The number of aryl methyl sites for hydroxylation is 1. The maximum absolute atomic E-state index is 14.5. The minimum atomic E-state index is -1.96. The van der Waals surface area contributed by atoms with Crippen molar-refractivity contribution in [2.75, 3.05) is 13.2 Å². The number of quaternary nitrogens is 1. The van der Waals surface area contributed by atoms with Gasteiger partial charge in [-0.05, 0) is 44.7 Å². The highest BCUT2D eigenvalue weighted by atomic mass is 16.5. The Kier molecular flexibility index (Phi) is 11.1. The average molecular weight is 580 g/mol. The lowest BCUT2D eigenvalue weighted by atomic mass is 9.88. The smallest absolute Gasteiger partial charge is 0.366 e. The number of benzene rings is 2. The molecule has 1 aliphatic rings. The van der Waals surface area contributed by atoms with Gasteiger partial charge in [0.1, 0.15) is 24.6 Å². The van der Waals surface area contributed by atoms with Gasteiger partial charge < -0.3 is 29.3 Å². The molecule has 42 heavy (non-hydrogen) atoms. The maximum Gasteiger partial charge on any atom is 0.366 e. The number of ether oxygens (including phenoxy) is 2. The molecule has 0 saturated heterocycles. The molecule has 2 aromatic rings. The van der Waals surface area contributed by atoms with Crippen LogP contribution in [0.3, 0.4) is 0 Å². The molecule has 3 rings (SSSR count). The molecule has 1 amide bonds. The van der Waals surface area contributed by atoms with E-state index in [1.54, 1.807) is 38.1 Å². The summed E-state index contributed by atoms with van der Waals surface area (Å²) in [4.78, 5) is 64.9. The molecule has 0 radical (unpaired) electrons. The number of hydrogen-bond donors (Lipinski definition) is 1. The zero-order valence-electron chi connectivity index (χ0n) is 23.9. The summed E-state index contributed by atoms with van der Waals surface area (Å²) in [5.74, 6) is -6.21. The van der Waals surface area contributed by atoms with Crippen LogP contribution in [0.4, 0.5) is 0 Å². The molecule has 0 bridgehead atoms. The summed E-state index contributed by atoms with van der Waals surface area (Å²) in [5.41, 5.74) is 1.20. The highest BCUT2D eigenvalue weighted by Gasteiger charge is 2.56. The largest absolute Gasteiger partial charge is 0.545 e. The van der Waals surface area contributed by atoms with Gasteiger partial charge in [-0.15, -0.1) is 0 Å². The third-order valence-corrected chi connectivity index (χ3v) is 7.29. The summed E-state index contributed by atoms with van der Waals surface area (Å²) < 4.78 is 9.24. The highest BCUT2D eigenvalue weighted by molar-refractivity contribution is 5.95. The van der Waals surface area contributed by atoms with Crippen LogP contribution in [0.1, 0.15) is 43.9 Å². The van der Waals surface area contributed by atoms with Gasteiger partial charge in [-0.25, -0.2) is 14.1 Å². The summed E-state index contributed by atoms with van der Waals surface area (Å²) in [7, 11) is 0. The summed E-state index contributed by atoms with van der Waals surface area (Å²) in [5, 5.41) is 27.2. The van der Waals surface area contributed by atoms with Crippen LogP contribution in [0, 0.1) is 0 Å². The van der Waals surface area contributed by atoms with E-state index in [4.69, 9.17) is 9.47 Å². The maximum atomic E-state index is 14.5. The topological polar surface area (TPSA) is 162 Å². The number of carboxylic acids is 2. The Morgan fingerprint density at radius 1 is 0.952 bits per heavy atom. The second-order valence-electron chi connectivity index (χ2n) is 9.96. The van der Waals surface area contributed by atoms with Crippen molar-refractivity contribution in [2.45, 2.75) is 64.7 Å². The molecule has 2 aromatic carbocycles. The monoisotopic (exact) mass is 579 g/mol. The molecule has 1 heterocycles. The number of nitrogens with zero attached hydrogens (tertiary/aromatic N) is 1. The number of carbonyl (C=O) groups is 5. The quantitative estimate of drug-likeness (QED) is 0.193. The first-order chi connectivity index (χ1) is 20.0. The summed E-state index contributed by atoms with van der Waals surface area (Å²) in [6, 6.07) is 12.5. The van der Waals surface area contributed by atoms with E-state index in [-0.39, 0.29) is 38.7 Å². The molecule has 11 nitrogen and oxygen atoms in total. The van der Waals surface area contributed by atoms with Crippen LogP contribution in [-0.2, 0) is 52.8 Å². The first-order valence-corrected chi connectivity index (χ1v) is 13.8. The van der Waals surface area contributed by atoms with Crippen molar-refractivity contribution in [1.82, 2.24) is 5.32 Å². The van der Waals surface area contributed by atoms with E-state index in [0.29, 0.717) is 17.5 Å².